The van der Waals surface area contributed by atoms with E-state index in [9.17, 15) is 8.42 Å². The molecular formula is C11H17N3O2S. The zero-order chi connectivity index (χ0) is 12.5. The zero-order valence-corrected chi connectivity index (χ0v) is 10.9. The molecule has 5 nitrogen and oxygen atoms in total. The summed E-state index contributed by atoms with van der Waals surface area (Å²) in [6.45, 7) is 5.55. The molecule has 1 aliphatic heterocycles. The van der Waals surface area contributed by atoms with Gasteiger partial charge >= 0.3 is 0 Å². The Bertz CT molecular complexity index is 484. The fraction of sp³-hybridized carbons (Fsp3) is 0.545. The number of hydrogen-bond acceptors (Lipinski definition) is 4. The molecule has 94 valence electrons. The Morgan fingerprint density at radius 1 is 1.47 bits per heavy atom. The maximum atomic E-state index is 12.3. The molecule has 0 radical (unpaired) electrons. The third-order valence-electron chi connectivity index (χ3n) is 2.82. The van der Waals surface area contributed by atoms with Crippen molar-refractivity contribution in [1.82, 2.24) is 14.6 Å². The van der Waals surface area contributed by atoms with Crippen LogP contribution in [0.4, 0.5) is 0 Å². The van der Waals surface area contributed by atoms with Gasteiger partial charge in [-0.3, -0.25) is 0 Å². The van der Waals surface area contributed by atoms with Crippen molar-refractivity contribution >= 4 is 10.0 Å². The summed E-state index contributed by atoms with van der Waals surface area (Å²) in [4.78, 5) is 4.00. The molecule has 1 N–H and O–H groups in total. The minimum Gasteiger partial charge on any atom is -0.312 e. The summed E-state index contributed by atoms with van der Waals surface area (Å²) in [6.07, 6.45) is 1.58. The first-order valence-corrected chi connectivity index (χ1v) is 7.10. The van der Waals surface area contributed by atoms with Gasteiger partial charge in [0.2, 0.25) is 0 Å². The zero-order valence-electron chi connectivity index (χ0n) is 10.0. The lowest BCUT2D eigenvalue weighted by atomic mass is 10.3. The van der Waals surface area contributed by atoms with Crippen LogP contribution in [-0.4, -0.2) is 43.4 Å². The summed E-state index contributed by atoms with van der Waals surface area (Å²) < 4.78 is 26.1. The maximum Gasteiger partial charge on any atom is 0.260 e. The quantitative estimate of drug-likeness (QED) is 0.829. The minimum atomic E-state index is -3.43. The van der Waals surface area contributed by atoms with Crippen LogP contribution in [0.3, 0.4) is 0 Å². The van der Waals surface area contributed by atoms with E-state index >= 15 is 0 Å². The Kier molecular flexibility index (Phi) is 3.46. The van der Waals surface area contributed by atoms with Crippen LogP contribution >= 0.6 is 0 Å². The van der Waals surface area contributed by atoms with Crippen LogP contribution in [-0.2, 0) is 10.0 Å². The molecule has 1 aliphatic rings. The second-order valence-electron chi connectivity index (χ2n) is 4.39. The summed E-state index contributed by atoms with van der Waals surface area (Å²) in [5, 5.41) is 3.35. The highest BCUT2D eigenvalue weighted by molar-refractivity contribution is 7.89. The standard InChI is InChI=1S/C11H17N3O2S/c1-9-3-4-11(13-7-9)17(15,16)14-6-5-12-10(2)8-14/h3-4,7,10,12H,5-6,8H2,1-2H3/t10-/m1/s1. The van der Waals surface area contributed by atoms with Crippen molar-refractivity contribution in [2.24, 2.45) is 0 Å². The molecule has 17 heavy (non-hydrogen) atoms. The molecular weight excluding hydrogens is 238 g/mol. The monoisotopic (exact) mass is 255 g/mol. The molecule has 1 saturated heterocycles. The number of aromatic nitrogens is 1. The van der Waals surface area contributed by atoms with Gasteiger partial charge in [-0.1, -0.05) is 6.07 Å². The topological polar surface area (TPSA) is 62.3 Å². The van der Waals surface area contributed by atoms with Gasteiger partial charge in [-0.25, -0.2) is 13.4 Å². The molecule has 0 unspecified atom stereocenters. The number of pyridine rings is 1. The first kappa shape index (κ1) is 12.5. The van der Waals surface area contributed by atoms with E-state index in [1.54, 1.807) is 18.3 Å². The lowest BCUT2D eigenvalue weighted by Crippen LogP contribution is -2.51. The van der Waals surface area contributed by atoms with E-state index in [0.717, 1.165) is 5.56 Å². The van der Waals surface area contributed by atoms with Gasteiger partial charge < -0.3 is 5.32 Å². The predicted molar refractivity (Wildman–Crippen MR) is 65.2 cm³/mol. The lowest BCUT2D eigenvalue weighted by Gasteiger charge is -2.30. The van der Waals surface area contributed by atoms with Crippen molar-refractivity contribution in [3.63, 3.8) is 0 Å². The van der Waals surface area contributed by atoms with Crippen molar-refractivity contribution in [2.75, 3.05) is 19.6 Å². The molecule has 0 amide bonds. The Morgan fingerprint density at radius 2 is 2.24 bits per heavy atom. The van der Waals surface area contributed by atoms with Crippen LogP contribution in [0.5, 0.6) is 0 Å². The smallest absolute Gasteiger partial charge is 0.260 e. The molecule has 1 atom stereocenters. The largest absolute Gasteiger partial charge is 0.312 e. The molecule has 0 aliphatic carbocycles. The Morgan fingerprint density at radius 3 is 2.82 bits per heavy atom. The summed E-state index contributed by atoms with van der Waals surface area (Å²) in [7, 11) is -3.43. The number of rotatable bonds is 2. The van der Waals surface area contributed by atoms with Crippen LogP contribution < -0.4 is 5.32 Å². The van der Waals surface area contributed by atoms with Gasteiger partial charge in [0.15, 0.2) is 5.03 Å². The van der Waals surface area contributed by atoms with Crippen molar-refractivity contribution in [1.29, 1.82) is 0 Å². The van der Waals surface area contributed by atoms with Crippen molar-refractivity contribution < 1.29 is 8.42 Å². The average Bonchev–Trinajstić information content (AvgIpc) is 2.29. The van der Waals surface area contributed by atoms with E-state index in [1.165, 1.54) is 4.31 Å². The third-order valence-corrected chi connectivity index (χ3v) is 4.60. The first-order chi connectivity index (χ1) is 8.00. The highest BCUT2D eigenvalue weighted by atomic mass is 32.2. The summed E-state index contributed by atoms with van der Waals surface area (Å²) >= 11 is 0. The van der Waals surface area contributed by atoms with E-state index in [1.807, 2.05) is 13.8 Å². The normalized spacial score (nSPS) is 22.6. The van der Waals surface area contributed by atoms with Gasteiger partial charge in [-0.05, 0) is 25.5 Å². The molecule has 1 aromatic rings. The van der Waals surface area contributed by atoms with Gasteiger partial charge in [-0.2, -0.15) is 4.31 Å². The molecule has 0 saturated carbocycles. The fourth-order valence-electron chi connectivity index (χ4n) is 1.85. The predicted octanol–water partition coefficient (Wildman–Crippen LogP) is 0.372. The minimum absolute atomic E-state index is 0.136. The number of hydrogen-bond donors (Lipinski definition) is 1. The summed E-state index contributed by atoms with van der Waals surface area (Å²) in [6, 6.07) is 3.52. The van der Waals surface area contributed by atoms with Crippen molar-refractivity contribution in [2.45, 2.75) is 24.9 Å². The molecule has 6 heteroatoms. The van der Waals surface area contributed by atoms with Gasteiger partial charge in [-0.15, -0.1) is 0 Å². The molecule has 1 fully saturated rings. The highest BCUT2D eigenvalue weighted by Crippen LogP contribution is 2.15. The van der Waals surface area contributed by atoms with E-state index in [2.05, 4.69) is 10.3 Å². The van der Waals surface area contributed by atoms with E-state index in [-0.39, 0.29) is 11.1 Å². The second-order valence-corrected chi connectivity index (χ2v) is 6.28. The highest BCUT2D eigenvalue weighted by Gasteiger charge is 2.29. The summed E-state index contributed by atoms with van der Waals surface area (Å²) in [5.74, 6) is 0. The SMILES string of the molecule is Cc1ccc(S(=O)(=O)N2CCN[C@H](C)C2)nc1. The number of sulfonamides is 1. The fourth-order valence-corrected chi connectivity index (χ4v) is 3.30. The molecule has 0 aromatic carbocycles. The van der Waals surface area contributed by atoms with Gasteiger partial charge in [0.05, 0.1) is 0 Å². The van der Waals surface area contributed by atoms with E-state index < -0.39 is 10.0 Å². The maximum absolute atomic E-state index is 12.3. The van der Waals surface area contributed by atoms with Gasteiger partial charge in [0.1, 0.15) is 0 Å². The summed E-state index contributed by atoms with van der Waals surface area (Å²) in [5.41, 5.74) is 0.956. The number of nitrogens with zero attached hydrogens (tertiary/aromatic N) is 2. The van der Waals surface area contributed by atoms with Crippen molar-refractivity contribution in [3.05, 3.63) is 23.9 Å². The number of nitrogens with one attached hydrogen (secondary N) is 1. The van der Waals surface area contributed by atoms with Crippen LogP contribution in [0.2, 0.25) is 0 Å². The van der Waals surface area contributed by atoms with E-state index in [4.69, 9.17) is 0 Å². The molecule has 2 heterocycles. The van der Waals surface area contributed by atoms with Crippen LogP contribution in [0.15, 0.2) is 23.4 Å². The number of aryl methyl sites for hydroxylation is 1. The average molecular weight is 255 g/mol. The Labute approximate surface area is 102 Å². The second kappa shape index (κ2) is 4.72. The Balaban J connectivity index is 2.26. The van der Waals surface area contributed by atoms with Crippen LogP contribution in [0, 0.1) is 6.92 Å². The van der Waals surface area contributed by atoms with Crippen molar-refractivity contribution in [3.8, 4) is 0 Å². The Hall–Kier alpha value is -0.980. The molecule has 1 aromatic heterocycles. The van der Waals surface area contributed by atoms with Gasteiger partial charge in [0.25, 0.3) is 10.0 Å². The number of piperazine rings is 1. The molecule has 0 spiro atoms. The molecule has 0 bridgehead atoms. The molecule has 2 rings (SSSR count). The lowest BCUT2D eigenvalue weighted by molar-refractivity contribution is 0.309. The third kappa shape index (κ3) is 2.65. The first-order valence-electron chi connectivity index (χ1n) is 5.66. The van der Waals surface area contributed by atoms with Gasteiger partial charge in [0, 0.05) is 31.9 Å². The van der Waals surface area contributed by atoms with Crippen LogP contribution in [0.1, 0.15) is 12.5 Å². The van der Waals surface area contributed by atoms with Crippen LogP contribution in [0.25, 0.3) is 0 Å². The van der Waals surface area contributed by atoms with E-state index in [0.29, 0.717) is 19.6 Å².